The molecule has 0 radical (unpaired) electrons. The number of carbonyl (C=O) groups is 2. The van der Waals surface area contributed by atoms with Crippen LogP contribution in [0.1, 0.15) is 11.1 Å². The van der Waals surface area contributed by atoms with Crippen molar-refractivity contribution in [1.82, 2.24) is 4.90 Å². The highest BCUT2D eigenvalue weighted by Gasteiger charge is 2.15. The minimum Gasteiger partial charge on any atom is -0.454 e. The third kappa shape index (κ3) is 4.98. The van der Waals surface area contributed by atoms with Crippen LogP contribution in [0.15, 0.2) is 36.4 Å². The van der Waals surface area contributed by atoms with Gasteiger partial charge in [0.05, 0.1) is 13.1 Å². The van der Waals surface area contributed by atoms with Crippen molar-refractivity contribution in [3.63, 3.8) is 0 Å². The molecule has 2 amide bonds. The zero-order valence-electron chi connectivity index (χ0n) is 15.7. The minimum absolute atomic E-state index is 0.0919. The summed E-state index contributed by atoms with van der Waals surface area (Å²) in [5, 5.41) is 5.68. The van der Waals surface area contributed by atoms with Crippen LogP contribution in [-0.4, -0.2) is 43.6 Å². The number of anilines is 2. The molecule has 0 atom stereocenters. The number of nitrogens with one attached hydrogen (secondary N) is 2. The van der Waals surface area contributed by atoms with Gasteiger partial charge in [0.15, 0.2) is 11.5 Å². The molecule has 0 bridgehead atoms. The van der Waals surface area contributed by atoms with Gasteiger partial charge in [0.1, 0.15) is 0 Å². The standard InChI is InChI=1S/C20H23N3O4/c1-13-4-5-14(2)16(8-13)22-20(25)11-23(3)10-19(24)21-15-6-7-17-18(9-15)27-12-26-17/h4-9H,10-12H2,1-3H3,(H,21,24)(H,22,25). The van der Waals surface area contributed by atoms with Crippen LogP contribution in [0.2, 0.25) is 0 Å². The fourth-order valence-electron chi connectivity index (χ4n) is 2.78. The van der Waals surface area contributed by atoms with E-state index in [-0.39, 0.29) is 31.7 Å². The van der Waals surface area contributed by atoms with Crippen LogP contribution in [0.5, 0.6) is 11.5 Å². The predicted octanol–water partition coefficient (Wildman–Crippen LogP) is 2.54. The number of aryl methyl sites for hydroxylation is 2. The minimum atomic E-state index is -0.212. The lowest BCUT2D eigenvalue weighted by molar-refractivity contribution is -0.119. The first-order valence-corrected chi connectivity index (χ1v) is 8.66. The van der Waals surface area contributed by atoms with E-state index in [1.54, 1.807) is 30.1 Å². The number of hydrogen-bond donors (Lipinski definition) is 2. The molecule has 2 N–H and O–H groups in total. The van der Waals surface area contributed by atoms with Gasteiger partial charge in [-0.15, -0.1) is 0 Å². The Kier molecular flexibility index (Phi) is 5.61. The maximum Gasteiger partial charge on any atom is 0.238 e. The summed E-state index contributed by atoms with van der Waals surface area (Å²) in [6.45, 7) is 4.31. The van der Waals surface area contributed by atoms with Crippen LogP contribution in [0, 0.1) is 13.8 Å². The molecular weight excluding hydrogens is 346 g/mol. The monoisotopic (exact) mass is 369 g/mol. The van der Waals surface area contributed by atoms with Gasteiger partial charge in [0.25, 0.3) is 0 Å². The maximum atomic E-state index is 12.2. The Morgan fingerprint density at radius 2 is 1.67 bits per heavy atom. The van der Waals surface area contributed by atoms with Crippen molar-refractivity contribution in [3.8, 4) is 11.5 Å². The molecule has 0 fully saturated rings. The van der Waals surface area contributed by atoms with E-state index in [1.807, 2.05) is 32.0 Å². The number of hydrogen-bond acceptors (Lipinski definition) is 5. The first-order valence-electron chi connectivity index (χ1n) is 8.66. The SMILES string of the molecule is Cc1ccc(C)c(NC(=O)CN(C)CC(=O)Nc2ccc3c(c2)OCO3)c1. The molecule has 1 heterocycles. The highest BCUT2D eigenvalue weighted by Crippen LogP contribution is 2.34. The molecule has 0 aliphatic carbocycles. The lowest BCUT2D eigenvalue weighted by atomic mass is 10.1. The van der Waals surface area contributed by atoms with Crippen LogP contribution in [-0.2, 0) is 9.59 Å². The highest BCUT2D eigenvalue weighted by molar-refractivity contribution is 5.95. The lowest BCUT2D eigenvalue weighted by Crippen LogP contribution is -2.36. The van der Waals surface area contributed by atoms with Crippen molar-refractivity contribution in [3.05, 3.63) is 47.5 Å². The van der Waals surface area contributed by atoms with Gasteiger partial charge in [0.2, 0.25) is 18.6 Å². The Labute approximate surface area is 158 Å². The number of nitrogens with zero attached hydrogens (tertiary/aromatic N) is 1. The number of benzene rings is 2. The highest BCUT2D eigenvalue weighted by atomic mass is 16.7. The van der Waals surface area contributed by atoms with Gasteiger partial charge in [-0.2, -0.15) is 0 Å². The maximum absolute atomic E-state index is 12.2. The number of carbonyl (C=O) groups excluding carboxylic acids is 2. The summed E-state index contributed by atoms with van der Waals surface area (Å²) in [7, 11) is 1.72. The molecule has 0 spiro atoms. The van der Waals surface area contributed by atoms with Gasteiger partial charge in [-0.25, -0.2) is 0 Å². The fraction of sp³-hybridized carbons (Fsp3) is 0.300. The molecular formula is C20H23N3O4. The van der Waals surface area contributed by atoms with Crippen LogP contribution < -0.4 is 20.1 Å². The lowest BCUT2D eigenvalue weighted by Gasteiger charge is -2.17. The third-order valence-corrected chi connectivity index (χ3v) is 4.15. The van der Waals surface area contributed by atoms with E-state index in [1.165, 1.54) is 0 Å². The van der Waals surface area contributed by atoms with Gasteiger partial charge in [0, 0.05) is 17.4 Å². The molecule has 142 valence electrons. The van der Waals surface area contributed by atoms with Gasteiger partial charge >= 0.3 is 0 Å². The average molecular weight is 369 g/mol. The number of fused-ring (bicyclic) bond motifs is 1. The van der Waals surface area contributed by atoms with Crippen molar-refractivity contribution in [2.24, 2.45) is 0 Å². The van der Waals surface area contributed by atoms with E-state index in [9.17, 15) is 9.59 Å². The average Bonchev–Trinajstić information content (AvgIpc) is 3.05. The Morgan fingerprint density at radius 1 is 0.963 bits per heavy atom. The first kappa shape index (κ1) is 18.7. The number of likely N-dealkylation sites (N-methyl/N-ethyl adjacent to an activating group) is 1. The summed E-state index contributed by atoms with van der Waals surface area (Å²) in [6.07, 6.45) is 0. The van der Waals surface area contributed by atoms with E-state index < -0.39 is 0 Å². The second kappa shape index (κ2) is 8.09. The summed E-state index contributed by atoms with van der Waals surface area (Å²) < 4.78 is 10.5. The molecule has 1 aliphatic rings. The summed E-state index contributed by atoms with van der Waals surface area (Å²) in [5.41, 5.74) is 3.49. The Balaban J connectivity index is 1.49. The van der Waals surface area contributed by atoms with Crippen molar-refractivity contribution in [2.45, 2.75) is 13.8 Å². The molecule has 2 aromatic rings. The fourth-order valence-corrected chi connectivity index (χ4v) is 2.78. The number of amides is 2. The third-order valence-electron chi connectivity index (χ3n) is 4.15. The molecule has 3 rings (SSSR count). The molecule has 0 saturated carbocycles. The smallest absolute Gasteiger partial charge is 0.238 e. The summed E-state index contributed by atoms with van der Waals surface area (Å²) in [5.74, 6) is 0.889. The van der Waals surface area contributed by atoms with E-state index >= 15 is 0 Å². The Bertz CT molecular complexity index is 866. The normalized spacial score (nSPS) is 12.1. The quantitative estimate of drug-likeness (QED) is 0.818. The van der Waals surface area contributed by atoms with Crippen LogP contribution >= 0.6 is 0 Å². The van der Waals surface area contributed by atoms with E-state index in [4.69, 9.17) is 9.47 Å². The van der Waals surface area contributed by atoms with Crippen LogP contribution in [0.3, 0.4) is 0 Å². The molecule has 2 aromatic carbocycles. The van der Waals surface area contributed by atoms with Gasteiger partial charge in [-0.1, -0.05) is 12.1 Å². The van der Waals surface area contributed by atoms with Gasteiger partial charge in [-0.05, 0) is 50.2 Å². The first-order chi connectivity index (χ1) is 12.9. The van der Waals surface area contributed by atoms with E-state index in [0.717, 1.165) is 16.8 Å². The zero-order chi connectivity index (χ0) is 19.4. The Morgan fingerprint density at radius 3 is 2.44 bits per heavy atom. The molecule has 27 heavy (non-hydrogen) atoms. The van der Waals surface area contributed by atoms with Gasteiger partial charge < -0.3 is 20.1 Å². The van der Waals surface area contributed by atoms with Crippen molar-refractivity contribution < 1.29 is 19.1 Å². The molecule has 0 unspecified atom stereocenters. The van der Waals surface area contributed by atoms with E-state index in [2.05, 4.69) is 10.6 Å². The van der Waals surface area contributed by atoms with Crippen molar-refractivity contribution >= 4 is 23.2 Å². The zero-order valence-corrected chi connectivity index (χ0v) is 15.7. The summed E-state index contributed by atoms with van der Waals surface area (Å²) >= 11 is 0. The second-order valence-electron chi connectivity index (χ2n) is 6.66. The largest absolute Gasteiger partial charge is 0.454 e. The van der Waals surface area contributed by atoms with Gasteiger partial charge in [-0.3, -0.25) is 14.5 Å². The number of rotatable bonds is 6. The van der Waals surface area contributed by atoms with Crippen LogP contribution in [0.25, 0.3) is 0 Å². The van der Waals surface area contributed by atoms with Crippen LogP contribution in [0.4, 0.5) is 11.4 Å². The molecule has 0 aromatic heterocycles. The molecule has 1 aliphatic heterocycles. The number of ether oxygens (including phenoxy) is 2. The van der Waals surface area contributed by atoms with Crippen molar-refractivity contribution in [1.29, 1.82) is 0 Å². The summed E-state index contributed by atoms with van der Waals surface area (Å²) in [4.78, 5) is 26.1. The predicted molar refractivity (Wildman–Crippen MR) is 103 cm³/mol. The molecule has 7 nitrogen and oxygen atoms in total. The molecule has 7 heteroatoms. The Hall–Kier alpha value is -3.06. The summed E-state index contributed by atoms with van der Waals surface area (Å²) in [6, 6.07) is 11.1. The topological polar surface area (TPSA) is 79.9 Å². The van der Waals surface area contributed by atoms with E-state index in [0.29, 0.717) is 17.2 Å². The van der Waals surface area contributed by atoms with Crippen molar-refractivity contribution in [2.75, 3.05) is 37.6 Å². The molecule has 0 saturated heterocycles. The second-order valence-corrected chi connectivity index (χ2v) is 6.66.